The van der Waals surface area contributed by atoms with Crippen LogP contribution in [0.2, 0.25) is 0 Å². The number of carbonyl (C=O) groups excluding carboxylic acids is 1. The Balaban J connectivity index is 1.44. The van der Waals surface area contributed by atoms with Crippen molar-refractivity contribution >= 4 is 17.2 Å². The van der Waals surface area contributed by atoms with Crippen LogP contribution in [-0.2, 0) is 11.3 Å². The molecule has 4 nitrogen and oxygen atoms in total. The number of nitrogens with zero attached hydrogens (tertiary/aromatic N) is 2. The smallest absolute Gasteiger partial charge is 0.260 e. The van der Waals surface area contributed by atoms with Crippen molar-refractivity contribution in [2.75, 3.05) is 32.8 Å². The van der Waals surface area contributed by atoms with E-state index in [9.17, 15) is 9.18 Å². The second kappa shape index (κ2) is 7.57. The summed E-state index contributed by atoms with van der Waals surface area (Å²) in [4.78, 5) is 16.3. The number of amides is 1. The maximum Gasteiger partial charge on any atom is 0.260 e. The molecule has 0 aliphatic carbocycles. The zero-order chi connectivity index (χ0) is 16.1. The van der Waals surface area contributed by atoms with Gasteiger partial charge in [0, 0.05) is 32.7 Å². The highest BCUT2D eigenvalue weighted by Gasteiger charge is 2.21. The van der Waals surface area contributed by atoms with E-state index in [2.05, 4.69) is 21.7 Å². The average Bonchev–Trinajstić information content (AvgIpc) is 3.07. The van der Waals surface area contributed by atoms with Gasteiger partial charge in [-0.25, -0.2) is 4.39 Å². The van der Waals surface area contributed by atoms with E-state index < -0.39 is 5.82 Å². The van der Waals surface area contributed by atoms with Crippen molar-refractivity contribution in [1.82, 2.24) is 9.80 Å². The van der Waals surface area contributed by atoms with Gasteiger partial charge in [-0.3, -0.25) is 9.69 Å². The molecule has 0 unspecified atom stereocenters. The minimum atomic E-state index is -0.444. The van der Waals surface area contributed by atoms with Crippen molar-refractivity contribution < 1.29 is 13.9 Å². The zero-order valence-corrected chi connectivity index (χ0v) is 13.6. The molecule has 3 rings (SSSR count). The molecule has 1 aromatic heterocycles. The first-order valence-electron chi connectivity index (χ1n) is 7.61. The van der Waals surface area contributed by atoms with Crippen molar-refractivity contribution in [3.63, 3.8) is 0 Å². The van der Waals surface area contributed by atoms with Crippen LogP contribution in [0, 0.1) is 5.82 Å². The quantitative estimate of drug-likeness (QED) is 0.843. The van der Waals surface area contributed by atoms with Crippen LogP contribution in [0.15, 0.2) is 41.1 Å². The number of hydrogen-bond donors (Lipinski definition) is 0. The van der Waals surface area contributed by atoms with Gasteiger partial charge in [0.15, 0.2) is 18.2 Å². The van der Waals surface area contributed by atoms with E-state index in [0.717, 1.165) is 19.6 Å². The molecule has 1 aliphatic rings. The van der Waals surface area contributed by atoms with Gasteiger partial charge in [0.05, 0.1) is 0 Å². The summed E-state index contributed by atoms with van der Waals surface area (Å²) in [7, 11) is 0. The molecule has 23 heavy (non-hydrogen) atoms. The molecule has 122 valence electrons. The predicted molar refractivity (Wildman–Crippen MR) is 88.1 cm³/mol. The molecule has 0 bridgehead atoms. The van der Waals surface area contributed by atoms with E-state index in [1.54, 1.807) is 28.4 Å². The Hall–Kier alpha value is -1.92. The summed E-state index contributed by atoms with van der Waals surface area (Å²) in [5.41, 5.74) is 1.32. The van der Waals surface area contributed by atoms with Crippen LogP contribution in [0.3, 0.4) is 0 Å². The van der Waals surface area contributed by atoms with Crippen LogP contribution < -0.4 is 4.74 Å². The monoisotopic (exact) mass is 334 g/mol. The lowest BCUT2D eigenvalue weighted by atomic mass is 10.2. The van der Waals surface area contributed by atoms with Gasteiger partial charge < -0.3 is 9.64 Å². The molecule has 1 saturated heterocycles. The average molecular weight is 334 g/mol. The fourth-order valence-electron chi connectivity index (χ4n) is 2.59. The predicted octanol–water partition coefficient (Wildman–Crippen LogP) is 2.61. The summed E-state index contributed by atoms with van der Waals surface area (Å²) >= 11 is 1.70. The summed E-state index contributed by atoms with van der Waals surface area (Å²) in [5, 5.41) is 4.23. The molecule has 0 spiro atoms. The SMILES string of the molecule is O=C(COc1ccccc1F)N1CCN(Cc2ccsc2)CC1. The van der Waals surface area contributed by atoms with Gasteiger partial charge in [0.2, 0.25) is 0 Å². The first-order chi connectivity index (χ1) is 11.2. The van der Waals surface area contributed by atoms with Crippen LogP contribution in [0.25, 0.3) is 0 Å². The number of benzene rings is 1. The van der Waals surface area contributed by atoms with E-state index in [4.69, 9.17) is 4.74 Å². The number of rotatable bonds is 5. The van der Waals surface area contributed by atoms with Gasteiger partial charge in [-0.2, -0.15) is 11.3 Å². The van der Waals surface area contributed by atoms with Crippen molar-refractivity contribution in [3.8, 4) is 5.75 Å². The molecule has 0 atom stereocenters. The highest BCUT2D eigenvalue weighted by Crippen LogP contribution is 2.16. The van der Waals surface area contributed by atoms with Gasteiger partial charge >= 0.3 is 0 Å². The minimum absolute atomic E-state index is 0.0940. The largest absolute Gasteiger partial charge is 0.481 e. The highest BCUT2D eigenvalue weighted by atomic mass is 32.1. The van der Waals surface area contributed by atoms with Crippen molar-refractivity contribution in [2.45, 2.75) is 6.54 Å². The summed E-state index contributed by atoms with van der Waals surface area (Å²) < 4.78 is 18.7. The Labute approximate surface area is 139 Å². The number of halogens is 1. The van der Waals surface area contributed by atoms with E-state index in [-0.39, 0.29) is 18.3 Å². The molecule has 0 saturated carbocycles. The number of thiophene rings is 1. The van der Waals surface area contributed by atoms with Crippen molar-refractivity contribution in [2.24, 2.45) is 0 Å². The number of hydrogen-bond acceptors (Lipinski definition) is 4. The first-order valence-corrected chi connectivity index (χ1v) is 8.55. The Bertz CT molecular complexity index is 640. The molecule has 1 aliphatic heterocycles. The number of carbonyl (C=O) groups is 1. The summed E-state index contributed by atoms with van der Waals surface area (Å²) in [6.07, 6.45) is 0. The molecular formula is C17H19FN2O2S. The van der Waals surface area contributed by atoms with Gasteiger partial charge in [-0.05, 0) is 34.5 Å². The fraction of sp³-hybridized carbons (Fsp3) is 0.353. The van der Waals surface area contributed by atoms with Gasteiger partial charge in [-0.15, -0.1) is 0 Å². The topological polar surface area (TPSA) is 32.8 Å². The third-order valence-electron chi connectivity index (χ3n) is 3.90. The highest BCUT2D eigenvalue weighted by molar-refractivity contribution is 7.07. The third kappa shape index (κ3) is 4.30. The van der Waals surface area contributed by atoms with Gasteiger partial charge in [0.25, 0.3) is 5.91 Å². The maximum atomic E-state index is 13.5. The molecule has 2 heterocycles. The maximum absolute atomic E-state index is 13.5. The van der Waals surface area contributed by atoms with Crippen molar-refractivity contribution in [1.29, 1.82) is 0 Å². The first kappa shape index (κ1) is 16.0. The van der Waals surface area contributed by atoms with E-state index in [0.29, 0.717) is 13.1 Å². The van der Waals surface area contributed by atoms with Crippen LogP contribution in [-0.4, -0.2) is 48.5 Å². The lowest BCUT2D eigenvalue weighted by Gasteiger charge is -2.34. The molecule has 1 aromatic carbocycles. The van der Waals surface area contributed by atoms with E-state index in [1.165, 1.54) is 17.7 Å². The minimum Gasteiger partial charge on any atom is -0.481 e. The summed E-state index contributed by atoms with van der Waals surface area (Å²) in [5.74, 6) is -0.415. The second-order valence-corrected chi connectivity index (χ2v) is 6.29. The molecule has 6 heteroatoms. The molecule has 1 fully saturated rings. The van der Waals surface area contributed by atoms with Crippen LogP contribution in [0.4, 0.5) is 4.39 Å². The summed E-state index contributed by atoms with van der Waals surface area (Å²) in [6, 6.07) is 8.26. The Kier molecular flexibility index (Phi) is 5.25. The van der Waals surface area contributed by atoms with Gasteiger partial charge in [-0.1, -0.05) is 12.1 Å². The third-order valence-corrected chi connectivity index (χ3v) is 4.63. The van der Waals surface area contributed by atoms with Crippen LogP contribution in [0.5, 0.6) is 5.75 Å². The zero-order valence-electron chi connectivity index (χ0n) is 12.8. The summed E-state index contributed by atoms with van der Waals surface area (Å²) in [6.45, 7) is 3.87. The number of piperazine rings is 1. The molecule has 2 aromatic rings. The Morgan fingerprint density at radius 2 is 1.96 bits per heavy atom. The molecule has 0 N–H and O–H groups in total. The van der Waals surface area contributed by atoms with Crippen LogP contribution in [0.1, 0.15) is 5.56 Å². The second-order valence-electron chi connectivity index (χ2n) is 5.51. The van der Waals surface area contributed by atoms with E-state index in [1.807, 2.05) is 0 Å². The van der Waals surface area contributed by atoms with Crippen molar-refractivity contribution in [3.05, 3.63) is 52.5 Å². The molecular weight excluding hydrogens is 315 g/mol. The van der Waals surface area contributed by atoms with Gasteiger partial charge in [0.1, 0.15) is 0 Å². The molecule has 1 amide bonds. The standard InChI is InChI=1S/C17H19FN2O2S/c18-15-3-1-2-4-16(15)22-12-17(21)20-8-6-19(7-9-20)11-14-5-10-23-13-14/h1-5,10,13H,6-9,11-12H2. The fourth-order valence-corrected chi connectivity index (χ4v) is 3.25. The lowest BCUT2D eigenvalue weighted by molar-refractivity contribution is -0.135. The number of ether oxygens (including phenoxy) is 1. The van der Waals surface area contributed by atoms with E-state index >= 15 is 0 Å². The Morgan fingerprint density at radius 1 is 1.17 bits per heavy atom. The molecule has 0 radical (unpaired) electrons. The lowest BCUT2D eigenvalue weighted by Crippen LogP contribution is -2.49. The van der Waals surface area contributed by atoms with Crippen LogP contribution >= 0.6 is 11.3 Å². The normalized spacial score (nSPS) is 15.6. The Morgan fingerprint density at radius 3 is 2.65 bits per heavy atom. The number of para-hydroxylation sites is 1.